The first-order valence-electron chi connectivity index (χ1n) is 11.0. The van der Waals surface area contributed by atoms with Crippen LogP contribution in [0.2, 0.25) is 5.02 Å². The van der Waals surface area contributed by atoms with Gasteiger partial charge in [-0.05, 0) is 36.1 Å². The smallest absolute Gasteiger partial charge is 0.229 e. The third kappa shape index (κ3) is 6.03. The summed E-state index contributed by atoms with van der Waals surface area (Å²) in [5.74, 6) is -0.227. The van der Waals surface area contributed by atoms with Gasteiger partial charge in [0.1, 0.15) is 0 Å². The summed E-state index contributed by atoms with van der Waals surface area (Å²) in [5.41, 5.74) is 3.49. The van der Waals surface area contributed by atoms with Gasteiger partial charge in [0, 0.05) is 6.42 Å². The van der Waals surface area contributed by atoms with Crippen LogP contribution in [0.15, 0.2) is 72.8 Å². The number of anilines is 1. The number of hydrogen-bond donors (Lipinski definition) is 0. The van der Waals surface area contributed by atoms with Crippen LogP contribution in [0.25, 0.3) is 10.2 Å². The lowest BCUT2D eigenvalue weighted by molar-refractivity contribution is -0.118. The first-order valence-corrected chi connectivity index (χ1v) is 14.0. The highest BCUT2D eigenvalue weighted by molar-refractivity contribution is 7.90. The summed E-state index contributed by atoms with van der Waals surface area (Å²) in [7, 11) is -3.31. The Kier molecular flexibility index (Phi) is 7.66. The van der Waals surface area contributed by atoms with Gasteiger partial charge in [-0.25, -0.2) is 13.4 Å². The van der Waals surface area contributed by atoms with Gasteiger partial charge in [0.05, 0.1) is 33.3 Å². The molecule has 176 valence electrons. The van der Waals surface area contributed by atoms with Crippen molar-refractivity contribution >= 4 is 54.0 Å². The molecular formula is C26H25ClN2O3S2. The standard InChI is InChI=1S/C26H25ClN2O3S2/c1-19-14-15-22(27)25-24(19)28-26(33-25)29(17-20-9-4-2-5-10-20)23(30)13-8-16-34(31,32)18-21-11-6-3-7-12-21/h2-7,9-12,14-15H,8,13,16-18H2,1H3. The first-order chi connectivity index (χ1) is 16.3. The largest absolute Gasteiger partial charge is 0.284 e. The number of nitrogens with zero attached hydrogens (tertiary/aromatic N) is 2. The third-order valence-corrected chi connectivity index (χ3v) is 8.70. The van der Waals surface area contributed by atoms with Crippen LogP contribution >= 0.6 is 22.9 Å². The fourth-order valence-electron chi connectivity index (χ4n) is 3.71. The van der Waals surface area contributed by atoms with Gasteiger partial charge in [-0.15, -0.1) is 0 Å². The van der Waals surface area contributed by atoms with E-state index in [9.17, 15) is 13.2 Å². The van der Waals surface area contributed by atoms with E-state index < -0.39 is 9.84 Å². The van der Waals surface area contributed by atoms with Crippen LogP contribution in [0.5, 0.6) is 0 Å². The van der Waals surface area contributed by atoms with Crippen LogP contribution in [-0.2, 0) is 26.9 Å². The molecule has 0 radical (unpaired) electrons. The number of rotatable bonds is 9. The van der Waals surface area contributed by atoms with E-state index in [1.807, 2.05) is 67.6 Å². The fourth-order valence-corrected chi connectivity index (χ4v) is 6.48. The Morgan fingerprint density at radius 3 is 2.26 bits per heavy atom. The number of aryl methyl sites for hydroxylation is 1. The third-order valence-electron chi connectivity index (χ3n) is 5.48. The molecule has 8 heteroatoms. The molecule has 1 heterocycles. The summed E-state index contributed by atoms with van der Waals surface area (Å²) in [6.07, 6.45) is 0.369. The Labute approximate surface area is 208 Å². The normalized spacial score (nSPS) is 11.6. The zero-order valence-corrected chi connectivity index (χ0v) is 21.2. The molecule has 4 aromatic rings. The molecular weight excluding hydrogens is 488 g/mol. The van der Waals surface area contributed by atoms with Crippen LogP contribution in [0.3, 0.4) is 0 Å². The molecule has 1 aromatic heterocycles. The van der Waals surface area contributed by atoms with Gasteiger partial charge >= 0.3 is 0 Å². The van der Waals surface area contributed by atoms with Gasteiger partial charge in [0.15, 0.2) is 15.0 Å². The van der Waals surface area contributed by atoms with E-state index in [0.717, 1.165) is 26.9 Å². The second-order valence-electron chi connectivity index (χ2n) is 8.19. The molecule has 0 aliphatic heterocycles. The number of thiazole rings is 1. The Hall–Kier alpha value is -2.74. The van der Waals surface area contributed by atoms with Crippen LogP contribution in [0, 0.1) is 6.92 Å². The maximum Gasteiger partial charge on any atom is 0.229 e. The molecule has 0 N–H and O–H groups in total. The quantitative estimate of drug-likeness (QED) is 0.268. The Morgan fingerprint density at radius 2 is 1.62 bits per heavy atom. The predicted molar refractivity (Wildman–Crippen MR) is 140 cm³/mol. The number of sulfone groups is 1. The second kappa shape index (κ2) is 10.7. The molecule has 4 rings (SSSR count). The fraction of sp³-hybridized carbons (Fsp3) is 0.231. The molecule has 0 spiro atoms. The lowest BCUT2D eigenvalue weighted by Gasteiger charge is -2.20. The van der Waals surface area contributed by atoms with Gasteiger partial charge in [-0.3, -0.25) is 9.69 Å². The van der Waals surface area contributed by atoms with Gasteiger partial charge in [0.25, 0.3) is 0 Å². The number of hydrogen-bond acceptors (Lipinski definition) is 5. The Bertz CT molecular complexity index is 1350. The van der Waals surface area contributed by atoms with Gasteiger partial charge < -0.3 is 0 Å². The summed E-state index contributed by atoms with van der Waals surface area (Å²) in [4.78, 5) is 19.7. The van der Waals surface area contributed by atoms with Crippen molar-refractivity contribution in [1.29, 1.82) is 0 Å². The van der Waals surface area contributed by atoms with Crippen molar-refractivity contribution in [3.05, 3.63) is 94.5 Å². The van der Waals surface area contributed by atoms with Crippen molar-refractivity contribution in [2.45, 2.75) is 32.1 Å². The first kappa shape index (κ1) is 24.4. The van der Waals surface area contributed by atoms with Gasteiger partial charge in [0.2, 0.25) is 5.91 Å². The van der Waals surface area contributed by atoms with Gasteiger partial charge in [-0.1, -0.05) is 89.7 Å². The second-order valence-corrected chi connectivity index (χ2v) is 11.8. The maximum absolute atomic E-state index is 13.3. The number of carbonyl (C=O) groups excluding carboxylic acids is 1. The minimum atomic E-state index is -3.31. The summed E-state index contributed by atoms with van der Waals surface area (Å²) in [6, 6.07) is 22.5. The van der Waals surface area contributed by atoms with Crippen LogP contribution in [0.4, 0.5) is 5.13 Å². The average Bonchev–Trinajstić information content (AvgIpc) is 3.27. The van der Waals surface area contributed by atoms with E-state index in [-0.39, 0.29) is 30.3 Å². The number of halogens is 1. The molecule has 34 heavy (non-hydrogen) atoms. The van der Waals surface area contributed by atoms with Gasteiger partial charge in [-0.2, -0.15) is 0 Å². The minimum Gasteiger partial charge on any atom is -0.284 e. The molecule has 0 fully saturated rings. The molecule has 0 saturated heterocycles. The minimum absolute atomic E-state index is 0.0224. The van der Waals surface area contributed by atoms with Crippen molar-refractivity contribution in [2.24, 2.45) is 0 Å². The lowest BCUT2D eigenvalue weighted by Crippen LogP contribution is -2.30. The summed E-state index contributed by atoms with van der Waals surface area (Å²) in [6.45, 7) is 2.32. The molecule has 0 aliphatic rings. The topological polar surface area (TPSA) is 67.3 Å². The van der Waals surface area contributed by atoms with Crippen molar-refractivity contribution in [2.75, 3.05) is 10.7 Å². The highest BCUT2D eigenvalue weighted by atomic mass is 35.5. The predicted octanol–water partition coefficient (Wildman–Crippen LogP) is 6.19. The molecule has 0 saturated carbocycles. The van der Waals surface area contributed by atoms with E-state index >= 15 is 0 Å². The average molecular weight is 513 g/mol. The van der Waals surface area contributed by atoms with E-state index in [1.165, 1.54) is 11.3 Å². The van der Waals surface area contributed by atoms with E-state index in [2.05, 4.69) is 0 Å². The van der Waals surface area contributed by atoms with Crippen LogP contribution in [0.1, 0.15) is 29.5 Å². The van der Waals surface area contributed by atoms with Crippen LogP contribution < -0.4 is 4.90 Å². The monoisotopic (exact) mass is 512 g/mol. The number of amides is 1. The van der Waals surface area contributed by atoms with Crippen molar-refractivity contribution < 1.29 is 13.2 Å². The lowest BCUT2D eigenvalue weighted by atomic mass is 10.2. The zero-order valence-electron chi connectivity index (χ0n) is 18.8. The molecule has 0 bridgehead atoms. The summed E-state index contributed by atoms with van der Waals surface area (Å²) < 4.78 is 26.0. The zero-order chi connectivity index (χ0) is 24.1. The van der Waals surface area contributed by atoms with Crippen molar-refractivity contribution in [3.8, 4) is 0 Å². The molecule has 0 aliphatic carbocycles. The van der Waals surface area contributed by atoms with Crippen molar-refractivity contribution in [1.82, 2.24) is 4.98 Å². The molecule has 0 atom stereocenters. The molecule has 5 nitrogen and oxygen atoms in total. The summed E-state index contributed by atoms with van der Waals surface area (Å²) >= 11 is 7.77. The molecule has 1 amide bonds. The van der Waals surface area contributed by atoms with Crippen LogP contribution in [-0.4, -0.2) is 25.1 Å². The van der Waals surface area contributed by atoms with E-state index in [4.69, 9.17) is 16.6 Å². The van der Waals surface area contributed by atoms with Crippen molar-refractivity contribution in [3.63, 3.8) is 0 Å². The SMILES string of the molecule is Cc1ccc(Cl)c2sc(N(Cc3ccccc3)C(=O)CCCS(=O)(=O)Cc3ccccc3)nc12. The van der Waals surface area contributed by atoms with E-state index in [1.54, 1.807) is 17.0 Å². The summed E-state index contributed by atoms with van der Waals surface area (Å²) in [5, 5.41) is 1.16. The maximum atomic E-state index is 13.3. The number of carbonyl (C=O) groups is 1. The highest BCUT2D eigenvalue weighted by Gasteiger charge is 2.22. The Morgan fingerprint density at radius 1 is 0.971 bits per heavy atom. The number of fused-ring (bicyclic) bond motifs is 1. The number of benzene rings is 3. The molecule has 3 aromatic carbocycles. The number of aromatic nitrogens is 1. The molecule has 0 unspecified atom stereocenters. The van der Waals surface area contributed by atoms with E-state index in [0.29, 0.717) is 16.7 Å². The Balaban J connectivity index is 1.52. The highest BCUT2D eigenvalue weighted by Crippen LogP contribution is 2.36.